The van der Waals surface area contributed by atoms with Gasteiger partial charge in [0.05, 0.1) is 0 Å². The van der Waals surface area contributed by atoms with Gasteiger partial charge in [0.25, 0.3) is 0 Å². The molecule has 1 N–H and O–H groups in total. The third kappa shape index (κ3) is 1.40. The number of hydrogen-bond acceptors (Lipinski definition) is 4. The van der Waals surface area contributed by atoms with Crippen LogP contribution < -0.4 is 0 Å². The Morgan fingerprint density at radius 1 is 1.67 bits per heavy atom. The monoisotopic (exact) mass is 134 g/mol. The Balaban J connectivity index is 2.23. The van der Waals surface area contributed by atoms with Crippen LogP contribution in [0.3, 0.4) is 0 Å². The van der Waals surface area contributed by atoms with E-state index in [1.54, 1.807) is 13.8 Å². The summed E-state index contributed by atoms with van der Waals surface area (Å²) in [6.07, 6.45) is -0.176. The minimum Gasteiger partial charge on any atom is -0.319 e. The molecule has 1 aliphatic rings. The van der Waals surface area contributed by atoms with Gasteiger partial charge in [-0.25, -0.2) is 4.89 Å². The normalized spacial score (nSPS) is 42.3. The summed E-state index contributed by atoms with van der Waals surface area (Å²) < 4.78 is 10.1. The van der Waals surface area contributed by atoms with Crippen molar-refractivity contribution in [1.29, 1.82) is 0 Å². The van der Waals surface area contributed by atoms with E-state index in [9.17, 15) is 0 Å². The highest BCUT2D eigenvalue weighted by atomic mass is 17.1. The Hall–Kier alpha value is -0.160. The van der Waals surface area contributed by atoms with Gasteiger partial charge in [0.15, 0.2) is 12.1 Å². The first-order valence-corrected chi connectivity index (χ1v) is 2.78. The van der Waals surface area contributed by atoms with Crippen molar-refractivity contribution in [2.24, 2.45) is 0 Å². The average Bonchev–Trinajstić information content (AvgIpc) is 1.62. The molecule has 0 unspecified atom stereocenters. The van der Waals surface area contributed by atoms with E-state index in [0.717, 1.165) is 0 Å². The largest absolute Gasteiger partial charge is 0.319 e. The minimum atomic E-state index is -0.728. The van der Waals surface area contributed by atoms with Crippen LogP contribution in [0.15, 0.2) is 0 Å². The van der Waals surface area contributed by atoms with Gasteiger partial charge in [-0.2, -0.15) is 0 Å². The van der Waals surface area contributed by atoms with Gasteiger partial charge in [-0.3, -0.25) is 5.26 Å². The molecule has 1 saturated heterocycles. The van der Waals surface area contributed by atoms with Crippen LogP contribution in [0, 0.1) is 0 Å². The molecule has 1 rings (SSSR count). The van der Waals surface area contributed by atoms with Gasteiger partial charge in [0, 0.05) is 0 Å². The molecule has 0 amide bonds. The Morgan fingerprint density at radius 3 is 2.56 bits per heavy atom. The lowest BCUT2D eigenvalue weighted by Crippen LogP contribution is -2.52. The van der Waals surface area contributed by atoms with Crippen LogP contribution in [0.25, 0.3) is 0 Å². The van der Waals surface area contributed by atoms with E-state index in [1.165, 1.54) is 0 Å². The molecule has 0 bridgehead atoms. The van der Waals surface area contributed by atoms with E-state index in [-0.39, 0.29) is 12.9 Å². The second-order valence-corrected chi connectivity index (χ2v) is 2.21. The van der Waals surface area contributed by atoms with E-state index in [0.29, 0.717) is 0 Å². The Morgan fingerprint density at radius 2 is 2.22 bits per heavy atom. The number of ether oxygens (including phenoxy) is 2. The van der Waals surface area contributed by atoms with Crippen molar-refractivity contribution in [1.82, 2.24) is 0 Å². The molecular formula is C5H10O4. The summed E-state index contributed by atoms with van der Waals surface area (Å²) in [4.78, 5) is 3.85. The minimum absolute atomic E-state index is 0.0529. The molecular weight excluding hydrogens is 124 g/mol. The third-order valence-corrected chi connectivity index (χ3v) is 1.16. The third-order valence-electron chi connectivity index (χ3n) is 1.16. The maximum absolute atomic E-state index is 7.99. The molecule has 1 heterocycles. The standard InChI is InChI=1S/C5H10O4/c1-4-8-5(2,9-4)3-7-6/h4,6H,3H2,1-2H3. The highest BCUT2D eigenvalue weighted by Crippen LogP contribution is 2.27. The first-order valence-electron chi connectivity index (χ1n) is 2.78. The molecule has 0 radical (unpaired) electrons. The maximum Gasteiger partial charge on any atom is 0.197 e. The summed E-state index contributed by atoms with van der Waals surface area (Å²) >= 11 is 0. The van der Waals surface area contributed by atoms with E-state index in [1.807, 2.05) is 0 Å². The Labute approximate surface area is 53.3 Å². The summed E-state index contributed by atoms with van der Waals surface area (Å²) in [6, 6.07) is 0. The average molecular weight is 134 g/mol. The van der Waals surface area contributed by atoms with Crippen molar-refractivity contribution in [3.63, 3.8) is 0 Å². The van der Waals surface area contributed by atoms with Crippen molar-refractivity contribution in [3.8, 4) is 0 Å². The second kappa shape index (κ2) is 2.22. The maximum atomic E-state index is 7.99. The first kappa shape index (κ1) is 6.95. The van der Waals surface area contributed by atoms with Crippen molar-refractivity contribution in [2.45, 2.75) is 25.9 Å². The molecule has 0 aromatic carbocycles. The molecule has 0 spiro atoms. The highest BCUT2D eigenvalue weighted by Gasteiger charge is 2.40. The first-order chi connectivity index (χ1) is 4.16. The van der Waals surface area contributed by atoms with Crippen LogP contribution in [-0.2, 0) is 14.4 Å². The molecule has 0 saturated carbocycles. The van der Waals surface area contributed by atoms with Gasteiger partial charge in [0.2, 0.25) is 0 Å². The van der Waals surface area contributed by atoms with Crippen molar-refractivity contribution < 1.29 is 19.6 Å². The highest BCUT2D eigenvalue weighted by molar-refractivity contribution is 4.69. The molecule has 1 fully saturated rings. The summed E-state index contributed by atoms with van der Waals surface area (Å²) in [5.41, 5.74) is 0. The lowest BCUT2D eigenvalue weighted by molar-refractivity contribution is -0.466. The van der Waals surface area contributed by atoms with Crippen LogP contribution in [0.1, 0.15) is 13.8 Å². The zero-order chi connectivity index (χ0) is 6.91. The van der Waals surface area contributed by atoms with Gasteiger partial charge >= 0.3 is 0 Å². The van der Waals surface area contributed by atoms with Crippen LogP contribution >= 0.6 is 0 Å². The molecule has 4 heteroatoms. The Kier molecular flexibility index (Phi) is 1.72. The number of hydrogen-bond donors (Lipinski definition) is 1. The number of rotatable bonds is 2. The fraction of sp³-hybridized carbons (Fsp3) is 1.00. The summed E-state index contributed by atoms with van der Waals surface area (Å²) in [7, 11) is 0. The lowest BCUT2D eigenvalue weighted by Gasteiger charge is -2.42. The van der Waals surface area contributed by atoms with E-state index < -0.39 is 5.79 Å². The molecule has 4 nitrogen and oxygen atoms in total. The predicted molar refractivity (Wildman–Crippen MR) is 28.6 cm³/mol. The quantitative estimate of drug-likeness (QED) is 0.443. The van der Waals surface area contributed by atoms with Gasteiger partial charge < -0.3 is 9.47 Å². The molecule has 1 aliphatic heterocycles. The van der Waals surface area contributed by atoms with E-state index >= 15 is 0 Å². The molecule has 0 atom stereocenters. The van der Waals surface area contributed by atoms with E-state index in [4.69, 9.17) is 14.7 Å². The van der Waals surface area contributed by atoms with Crippen LogP contribution in [0.2, 0.25) is 0 Å². The topological polar surface area (TPSA) is 47.9 Å². The van der Waals surface area contributed by atoms with Crippen LogP contribution in [-0.4, -0.2) is 23.9 Å². The molecule has 0 aromatic rings. The van der Waals surface area contributed by atoms with Crippen molar-refractivity contribution in [2.75, 3.05) is 6.61 Å². The van der Waals surface area contributed by atoms with Crippen LogP contribution in [0.5, 0.6) is 0 Å². The summed E-state index contributed by atoms with van der Waals surface area (Å²) in [5.74, 6) is -0.728. The summed E-state index contributed by atoms with van der Waals surface area (Å²) in [5, 5.41) is 7.99. The van der Waals surface area contributed by atoms with E-state index in [2.05, 4.69) is 4.89 Å². The van der Waals surface area contributed by atoms with Crippen LogP contribution in [0.4, 0.5) is 0 Å². The predicted octanol–water partition coefficient (Wildman–Crippen LogP) is 0.585. The zero-order valence-electron chi connectivity index (χ0n) is 5.46. The zero-order valence-corrected chi connectivity index (χ0v) is 5.46. The van der Waals surface area contributed by atoms with Gasteiger partial charge in [0.1, 0.15) is 6.61 Å². The van der Waals surface area contributed by atoms with Crippen molar-refractivity contribution >= 4 is 0 Å². The molecule has 0 aliphatic carbocycles. The fourth-order valence-electron chi connectivity index (χ4n) is 0.896. The molecule has 9 heavy (non-hydrogen) atoms. The van der Waals surface area contributed by atoms with Gasteiger partial charge in [-0.15, -0.1) is 0 Å². The van der Waals surface area contributed by atoms with Crippen molar-refractivity contribution in [3.05, 3.63) is 0 Å². The second-order valence-electron chi connectivity index (χ2n) is 2.21. The van der Waals surface area contributed by atoms with Gasteiger partial charge in [-0.1, -0.05) is 0 Å². The SMILES string of the molecule is CC1OC(C)(COO)O1. The molecule has 54 valence electrons. The summed E-state index contributed by atoms with van der Waals surface area (Å²) in [6.45, 7) is 3.53. The van der Waals surface area contributed by atoms with Gasteiger partial charge in [-0.05, 0) is 13.8 Å². The molecule has 0 aromatic heterocycles. The Bertz CT molecular complexity index is 91.6. The lowest BCUT2D eigenvalue weighted by atomic mass is 10.3. The fourth-order valence-corrected chi connectivity index (χ4v) is 0.896. The smallest absolute Gasteiger partial charge is 0.197 e.